The lowest BCUT2D eigenvalue weighted by Gasteiger charge is -2.13. The first-order valence-corrected chi connectivity index (χ1v) is 8.65. The van der Waals surface area contributed by atoms with Crippen LogP contribution in [0.25, 0.3) is 11.0 Å². The lowest BCUT2D eigenvalue weighted by atomic mass is 10.0. The van der Waals surface area contributed by atoms with E-state index in [0.29, 0.717) is 11.1 Å². The molecule has 0 aliphatic heterocycles. The molecule has 0 saturated heterocycles. The van der Waals surface area contributed by atoms with Crippen molar-refractivity contribution in [1.82, 2.24) is 0 Å². The summed E-state index contributed by atoms with van der Waals surface area (Å²) in [7, 11) is 0. The first-order valence-electron chi connectivity index (χ1n) is 8.65. The van der Waals surface area contributed by atoms with E-state index in [2.05, 4.69) is 0 Å². The quantitative estimate of drug-likeness (QED) is 0.399. The summed E-state index contributed by atoms with van der Waals surface area (Å²) < 4.78 is 15.9. The van der Waals surface area contributed by atoms with E-state index in [1.54, 1.807) is 12.1 Å². The zero-order valence-corrected chi connectivity index (χ0v) is 15.4. The number of ether oxygens (including phenoxy) is 2. The van der Waals surface area contributed by atoms with Gasteiger partial charge >= 0.3 is 11.6 Å². The van der Waals surface area contributed by atoms with Crippen molar-refractivity contribution < 1.29 is 23.5 Å². The topological polar surface area (TPSA) is 109 Å². The SMILES string of the molecule is CC(C)c1ccccc1OCC(=O)Oc1ccc2cc(C(N)=O)c(=O)oc2c1. The molecule has 0 spiro atoms. The Bertz CT molecular complexity index is 1100. The van der Waals surface area contributed by atoms with E-state index < -0.39 is 17.5 Å². The Labute approximate surface area is 160 Å². The van der Waals surface area contributed by atoms with Crippen molar-refractivity contribution in [3.8, 4) is 11.5 Å². The fourth-order valence-corrected chi connectivity index (χ4v) is 2.71. The van der Waals surface area contributed by atoms with Crippen molar-refractivity contribution in [2.75, 3.05) is 6.61 Å². The van der Waals surface area contributed by atoms with Crippen LogP contribution >= 0.6 is 0 Å². The maximum Gasteiger partial charge on any atom is 0.349 e. The minimum atomic E-state index is -0.870. The fraction of sp³-hybridized carbons (Fsp3) is 0.190. The molecule has 1 heterocycles. The molecule has 2 aromatic carbocycles. The van der Waals surface area contributed by atoms with Gasteiger partial charge < -0.3 is 19.6 Å². The number of hydrogen-bond acceptors (Lipinski definition) is 6. The van der Waals surface area contributed by atoms with Gasteiger partial charge in [0.15, 0.2) is 6.61 Å². The van der Waals surface area contributed by atoms with Crippen LogP contribution in [0.15, 0.2) is 57.7 Å². The van der Waals surface area contributed by atoms with Crippen LogP contribution in [0.3, 0.4) is 0 Å². The molecule has 1 amide bonds. The first kappa shape index (κ1) is 19.2. The minimum absolute atomic E-state index is 0.173. The van der Waals surface area contributed by atoms with Crippen molar-refractivity contribution in [3.05, 3.63) is 70.1 Å². The second-order valence-electron chi connectivity index (χ2n) is 6.47. The smallest absolute Gasteiger partial charge is 0.349 e. The normalized spacial score (nSPS) is 10.8. The van der Waals surface area contributed by atoms with Crippen LogP contribution < -0.4 is 20.8 Å². The molecule has 0 unspecified atom stereocenters. The second-order valence-corrected chi connectivity index (χ2v) is 6.47. The van der Waals surface area contributed by atoms with Crippen molar-refractivity contribution in [2.24, 2.45) is 5.73 Å². The van der Waals surface area contributed by atoms with E-state index in [1.807, 2.05) is 32.0 Å². The van der Waals surface area contributed by atoms with E-state index in [4.69, 9.17) is 19.6 Å². The van der Waals surface area contributed by atoms with Crippen LogP contribution in [0.1, 0.15) is 35.7 Å². The van der Waals surface area contributed by atoms with E-state index in [1.165, 1.54) is 18.2 Å². The molecule has 0 aliphatic rings. The zero-order chi connectivity index (χ0) is 20.3. The maximum atomic E-state index is 12.1. The predicted molar refractivity (Wildman–Crippen MR) is 103 cm³/mol. The van der Waals surface area contributed by atoms with Gasteiger partial charge in [0, 0.05) is 11.5 Å². The predicted octanol–water partition coefficient (Wildman–Crippen LogP) is 3.00. The summed E-state index contributed by atoms with van der Waals surface area (Å²) in [5.74, 6) is -0.411. The van der Waals surface area contributed by atoms with Gasteiger partial charge in [-0.1, -0.05) is 32.0 Å². The van der Waals surface area contributed by atoms with Gasteiger partial charge in [0.1, 0.15) is 22.6 Å². The number of hydrogen-bond donors (Lipinski definition) is 1. The van der Waals surface area contributed by atoms with E-state index in [0.717, 1.165) is 5.56 Å². The lowest BCUT2D eigenvalue weighted by Crippen LogP contribution is -2.20. The summed E-state index contributed by atoms with van der Waals surface area (Å²) in [4.78, 5) is 35.1. The number of carbonyl (C=O) groups is 2. The average Bonchev–Trinajstić information content (AvgIpc) is 2.65. The van der Waals surface area contributed by atoms with Crippen molar-refractivity contribution in [2.45, 2.75) is 19.8 Å². The third-order valence-corrected chi connectivity index (χ3v) is 4.09. The van der Waals surface area contributed by atoms with Crippen molar-refractivity contribution in [3.63, 3.8) is 0 Å². The molecule has 2 N–H and O–H groups in total. The van der Waals surface area contributed by atoms with Gasteiger partial charge in [0.2, 0.25) is 0 Å². The number of carbonyl (C=O) groups excluding carboxylic acids is 2. The number of rotatable bonds is 6. The molecular formula is C21H19NO6. The fourth-order valence-electron chi connectivity index (χ4n) is 2.71. The highest BCUT2D eigenvalue weighted by molar-refractivity contribution is 5.95. The van der Waals surface area contributed by atoms with Gasteiger partial charge in [0.25, 0.3) is 5.91 Å². The molecule has 3 aromatic rings. The van der Waals surface area contributed by atoms with Crippen LogP contribution in [0, 0.1) is 0 Å². The Kier molecular flexibility index (Phi) is 5.44. The highest BCUT2D eigenvalue weighted by atomic mass is 16.6. The van der Waals surface area contributed by atoms with Gasteiger partial charge in [-0.15, -0.1) is 0 Å². The van der Waals surface area contributed by atoms with E-state index in [9.17, 15) is 14.4 Å². The molecule has 0 bridgehead atoms. The van der Waals surface area contributed by atoms with Crippen LogP contribution in [-0.2, 0) is 4.79 Å². The number of amides is 1. The van der Waals surface area contributed by atoms with Crippen LogP contribution in [0.2, 0.25) is 0 Å². The molecule has 144 valence electrons. The molecule has 28 heavy (non-hydrogen) atoms. The van der Waals surface area contributed by atoms with E-state index >= 15 is 0 Å². The first-order chi connectivity index (χ1) is 13.3. The molecular weight excluding hydrogens is 362 g/mol. The van der Waals surface area contributed by atoms with Crippen molar-refractivity contribution >= 4 is 22.8 Å². The Morgan fingerprint density at radius 3 is 2.57 bits per heavy atom. The number of esters is 1. The van der Waals surface area contributed by atoms with Crippen LogP contribution in [0.4, 0.5) is 0 Å². The van der Waals surface area contributed by atoms with Crippen LogP contribution in [0.5, 0.6) is 11.5 Å². The van der Waals surface area contributed by atoms with E-state index in [-0.39, 0.29) is 29.4 Å². The highest BCUT2D eigenvalue weighted by Gasteiger charge is 2.13. The van der Waals surface area contributed by atoms with Crippen LogP contribution in [-0.4, -0.2) is 18.5 Å². The number of para-hydroxylation sites is 1. The largest absolute Gasteiger partial charge is 0.482 e. The molecule has 0 atom stereocenters. The summed E-state index contributed by atoms with van der Waals surface area (Å²) in [6.07, 6.45) is 0. The standard InChI is InChI=1S/C21H19NO6/c1-12(2)15-5-3-4-6-17(15)26-11-19(23)27-14-8-7-13-9-16(20(22)24)21(25)28-18(13)10-14/h3-10,12H,11H2,1-2H3,(H2,22,24). The number of primary amides is 1. The Balaban J connectivity index is 1.72. The molecule has 0 radical (unpaired) electrons. The number of benzene rings is 2. The lowest BCUT2D eigenvalue weighted by molar-refractivity contribution is -0.136. The van der Waals surface area contributed by atoms with Gasteiger partial charge in [-0.2, -0.15) is 0 Å². The van der Waals surface area contributed by atoms with Crippen molar-refractivity contribution in [1.29, 1.82) is 0 Å². The zero-order valence-electron chi connectivity index (χ0n) is 15.4. The molecule has 7 nitrogen and oxygen atoms in total. The molecule has 0 fully saturated rings. The number of fused-ring (bicyclic) bond motifs is 1. The summed E-state index contributed by atoms with van der Waals surface area (Å²) in [6, 6.07) is 13.3. The maximum absolute atomic E-state index is 12.1. The van der Waals surface area contributed by atoms with Gasteiger partial charge in [-0.05, 0) is 35.7 Å². The molecule has 1 aromatic heterocycles. The molecule has 0 aliphatic carbocycles. The molecule has 0 saturated carbocycles. The Morgan fingerprint density at radius 2 is 1.86 bits per heavy atom. The summed E-state index contributed by atoms with van der Waals surface area (Å²) in [5.41, 5.74) is 5.20. The third kappa shape index (κ3) is 4.20. The highest BCUT2D eigenvalue weighted by Crippen LogP contribution is 2.26. The summed E-state index contributed by atoms with van der Waals surface area (Å²) >= 11 is 0. The number of nitrogens with two attached hydrogens (primary N) is 1. The Morgan fingerprint density at radius 1 is 1.11 bits per heavy atom. The summed E-state index contributed by atoms with van der Waals surface area (Å²) in [5, 5.41) is 0.482. The Hall–Kier alpha value is -3.61. The molecule has 7 heteroatoms. The second kappa shape index (κ2) is 7.96. The monoisotopic (exact) mass is 381 g/mol. The summed E-state index contributed by atoms with van der Waals surface area (Å²) in [6.45, 7) is 3.80. The molecule has 3 rings (SSSR count). The van der Waals surface area contributed by atoms with Gasteiger partial charge in [-0.3, -0.25) is 4.79 Å². The van der Waals surface area contributed by atoms with Gasteiger partial charge in [0.05, 0.1) is 0 Å². The average molecular weight is 381 g/mol. The van der Waals surface area contributed by atoms with Gasteiger partial charge in [-0.25, -0.2) is 9.59 Å². The minimum Gasteiger partial charge on any atom is -0.482 e. The third-order valence-electron chi connectivity index (χ3n) is 4.09.